The number of aromatic nitrogens is 2. The fraction of sp³-hybridized carbons (Fsp3) is 0.550. The minimum absolute atomic E-state index is 0.130. The van der Waals surface area contributed by atoms with Crippen LogP contribution in [0.15, 0.2) is 23.8 Å². The maximum absolute atomic E-state index is 12.7. The van der Waals surface area contributed by atoms with Gasteiger partial charge in [0.2, 0.25) is 0 Å². The Labute approximate surface area is 158 Å². The van der Waals surface area contributed by atoms with E-state index in [1.807, 2.05) is 11.4 Å². The first-order valence-electron chi connectivity index (χ1n) is 9.77. The fourth-order valence-corrected chi connectivity index (χ4v) is 4.98. The molecule has 2 aliphatic rings. The van der Waals surface area contributed by atoms with E-state index in [0.717, 1.165) is 29.5 Å². The van der Waals surface area contributed by atoms with Crippen molar-refractivity contribution < 1.29 is 4.79 Å². The van der Waals surface area contributed by atoms with Gasteiger partial charge in [-0.05, 0) is 38.2 Å². The second-order valence-electron chi connectivity index (χ2n) is 7.30. The summed E-state index contributed by atoms with van der Waals surface area (Å²) >= 11 is 1.63. The maximum atomic E-state index is 12.7. The molecule has 0 radical (unpaired) electrons. The van der Waals surface area contributed by atoms with Crippen molar-refractivity contribution in [3.63, 3.8) is 0 Å². The molecular weight excluding hydrogens is 344 g/mol. The molecule has 1 saturated carbocycles. The van der Waals surface area contributed by atoms with Crippen LogP contribution in [0.4, 0.5) is 11.4 Å². The first-order valence-corrected chi connectivity index (χ1v) is 10.6. The van der Waals surface area contributed by atoms with E-state index >= 15 is 0 Å². The van der Waals surface area contributed by atoms with Gasteiger partial charge in [0.05, 0.1) is 22.6 Å². The maximum Gasteiger partial charge on any atom is 0.275 e. The van der Waals surface area contributed by atoms with Crippen molar-refractivity contribution in [3.05, 3.63) is 34.5 Å². The normalized spacial score (nSPS) is 18.7. The quantitative estimate of drug-likeness (QED) is 0.837. The minimum atomic E-state index is -0.130. The average Bonchev–Trinajstić information content (AvgIpc) is 3.20. The number of nitrogens with one attached hydrogen (secondary N) is 1. The Bertz CT molecular complexity index is 748. The van der Waals surface area contributed by atoms with E-state index in [1.54, 1.807) is 23.7 Å². The summed E-state index contributed by atoms with van der Waals surface area (Å²) in [4.78, 5) is 23.9. The number of hydrogen-bond donors (Lipinski definition) is 1. The number of hydrogen-bond acceptors (Lipinski definition) is 5. The summed E-state index contributed by atoms with van der Waals surface area (Å²) in [5, 5.41) is 6.06. The van der Waals surface area contributed by atoms with Crippen LogP contribution in [0.1, 0.15) is 72.8 Å². The molecule has 1 aliphatic carbocycles. The van der Waals surface area contributed by atoms with E-state index in [-0.39, 0.29) is 5.91 Å². The van der Waals surface area contributed by atoms with Gasteiger partial charge in [-0.25, -0.2) is 4.98 Å². The van der Waals surface area contributed by atoms with Gasteiger partial charge >= 0.3 is 0 Å². The van der Waals surface area contributed by atoms with Crippen molar-refractivity contribution >= 4 is 28.6 Å². The number of pyridine rings is 1. The monoisotopic (exact) mass is 370 g/mol. The smallest absolute Gasteiger partial charge is 0.275 e. The Hall–Kier alpha value is -1.95. The third kappa shape index (κ3) is 3.90. The molecule has 138 valence electrons. The summed E-state index contributed by atoms with van der Waals surface area (Å²) in [6.45, 7) is 2.07. The lowest BCUT2D eigenvalue weighted by Crippen LogP contribution is -2.30. The molecule has 0 spiro atoms. The number of piperidine rings is 1. The van der Waals surface area contributed by atoms with Crippen LogP contribution in [0.2, 0.25) is 0 Å². The van der Waals surface area contributed by atoms with Gasteiger partial charge in [0.15, 0.2) is 0 Å². The van der Waals surface area contributed by atoms with Crippen LogP contribution >= 0.6 is 11.3 Å². The first-order chi connectivity index (χ1) is 12.8. The lowest BCUT2D eigenvalue weighted by molar-refractivity contribution is 0.102. The van der Waals surface area contributed by atoms with Gasteiger partial charge in [0.25, 0.3) is 5.91 Å². The van der Waals surface area contributed by atoms with Crippen LogP contribution in [0.3, 0.4) is 0 Å². The predicted octanol–water partition coefficient (Wildman–Crippen LogP) is 4.83. The lowest BCUT2D eigenvalue weighted by Gasteiger charge is -2.30. The van der Waals surface area contributed by atoms with E-state index in [4.69, 9.17) is 0 Å². The molecule has 1 N–H and O–H groups in total. The second kappa shape index (κ2) is 8.16. The van der Waals surface area contributed by atoms with Crippen molar-refractivity contribution in [2.24, 2.45) is 0 Å². The SMILES string of the molecule is O=C(Nc1cnccc1N1CCCCC1)c1csc(C2CCCCC2)n1. The van der Waals surface area contributed by atoms with Gasteiger partial charge in [0, 0.05) is 30.6 Å². The van der Waals surface area contributed by atoms with E-state index in [9.17, 15) is 4.79 Å². The van der Waals surface area contributed by atoms with Crippen molar-refractivity contribution in [1.29, 1.82) is 0 Å². The van der Waals surface area contributed by atoms with E-state index < -0.39 is 0 Å². The summed E-state index contributed by atoms with van der Waals surface area (Å²) in [5.41, 5.74) is 2.38. The molecule has 6 heteroatoms. The topological polar surface area (TPSA) is 58.1 Å². The fourth-order valence-electron chi connectivity index (χ4n) is 4.01. The van der Waals surface area contributed by atoms with Gasteiger partial charge in [0.1, 0.15) is 5.69 Å². The van der Waals surface area contributed by atoms with Crippen molar-refractivity contribution in [2.45, 2.75) is 57.3 Å². The molecular formula is C20H26N4OS. The second-order valence-corrected chi connectivity index (χ2v) is 8.19. The third-order valence-electron chi connectivity index (χ3n) is 5.45. The Morgan fingerprint density at radius 1 is 1.12 bits per heavy atom. The third-order valence-corrected chi connectivity index (χ3v) is 6.46. The standard InChI is InChI=1S/C20H26N4OS/c25-19(17-14-26-20(23-17)15-7-3-1-4-8-15)22-16-13-21-10-9-18(16)24-11-5-2-6-12-24/h9-10,13-15H,1-8,11-12H2,(H,22,25). The zero-order valence-corrected chi connectivity index (χ0v) is 15.9. The Morgan fingerprint density at radius 2 is 1.88 bits per heavy atom. The molecule has 1 amide bonds. The summed E-state index contributed by atoms with van der Waals surface area (Å²) in [6.07, 6.45) is 13.5. The van der Waals surface area contributed by atoms with Crippen LogP contribution in [-0.2, 0) is 0 Å². The minimum Gasteiger partial charge on any atom is -0.370 e. The van der Waals surface area contributed by atoms with Crippen molar-refractivity contribution in [2.75, 3.05) is 23.3 Å². The van der Waals surface area contributed by atoms with Gasteiger partial charge in [-0.3, -0.25) is 9.78 Å². The number of nitrogens with zero attached hydrogens (tertiary/aromatic N) is 3. The van der Waals surface area contributed by atoms with Gasteiger partial charge < -0.3 is 10.2 Å². The lowest BCUT2D eigenvalue weighted by atomic mass is 9.90. The molecule has 1 aliphatic heterocycles. The van der Waals surface area contributed by atoms with E-state index in [0.29, 0.717) is 11.6 Å². The summed E-state index contributed by atoms with van der Waals surface area (Å²) in [6, 6.07) is 2.00. The summed E-state index contributed by atoms with van der Waals surface area (Å²) < 4.78 is 0. The number of rotatable bonds is 4. The van der Waals surface area contributed by atoms with Gasteiger partial charge in [-0.1, -0.05) is 19.3 Å². The van der Waals surface area contributed by atoms with Crippen LogP contribution in [0.25, 0.3) is 0 Å². The highest BCUT2D eigenvalue weighted by Crippen LogP contribution is 2.34. The molecule has 0 aromatic carbocycles. The largest absolute Gasteiger partial charge is 0.370 e. The zero-order valence-electron chi connectivity index (χ0n) is 15.1. The molecule has 26 heavy (non-hydrogen) atoms. The van der Waals surface area contributed by atoms with Crippen LogP contribution < -0.4 is 10.2 Å². The molecule has 5 nitrogen and oxygen atoms in total. The highest BCUT2D eigenvalue weighted by atomic mass is 32.1. The molecule has 2 fully saturated rings. The molecule has 3 heterocycles. The molecule has 0 bridgehead atoms. The number of carbonyl (C=O) groups excluding carboxylic acids is 1. The van der Waals surface area contributed by atoms with Gasteiger partial charge in [-0.15, -0.1) is 11.3 Å². The number of carbonyl (C=O) groups is 1. The molecule has 1 saturated heterocycles. The number of amides is 1. The predicted molar refractivity (Wildman–Crippen MR) is 106 cm³/mol. The number of anilines is 2. The summed E-state index contributed by atoms with van der Waals surface area (Å²) in [5.74, 6) is 0.409. The Morgan fingerprint density at radius 3 is 2.69 bits per heavy atom. The summed E-state index contributed by atoms with van der Waals surface area (Å²) in [7, 11) is 0. The van der Waals surface area contributed by atoms with Crippen LogP contribution in [-0.4, -0.2) is 29.0 Å². The molecule has 4 rings (SSSR count). The average molecular weight is 371 g/mol. The molecule has 2 aromatic rings. The van der Waals surface area contributed by atoms with E-state index in [2.05, 4.69) is 20.2 Å². The first kappa shape index (κ1) is 17.5. The van der Waals surface area contributed by atoms with E-state index in [1.165, 1.54) is 51.4 Å². The van der Waals surface area contributed by atoms with Crippen LogP contribution in [0.5, 0.6) is 0 Å². The Balaban J connectivity index is 1.47. The van der Waals surface area contributed by atoms with Crippen molar-refractivity contribution in [1.82, 2.24) is 9.97 Å². The number of thiazole rings is 1. The zero-order chi connectivity index (χ0) is 17.8. The Kier molecular flexibility index (Phi) is 5.48. The van der Waals surface area contributed by atoms with Crippen molar-refractivity contribution in [3.8, 4) is 0 Å². The molecule has 0 unspecified atom stereocenters. The van der Waals surface area contributed by atoms with Gasteiger partial charge in [-0.2, -0.15) is 0 Å². The highest BCUT2D eigenvalue weighted by molar-refractivity contribution is 7.09. The molecule has 2 aromatic heterocycles. The molecule has 0 atom stereocenters. The highest BCUT2D eigenvalue weighted by Gasteiger charge is 2.21. The van der Waals surface area contributed by atoms with Crippen LogP contribution in [0, 0.1) is 0 Å².